The average molecular weight is 373 g/mol. The highest BCUT2D eigenvalue weighted by Crippen LogP contribution is 2.14. The number of nitrogens with zero attached hydrogens (tertiary/aromatic N) is 1. The molecule has 0 aliphatic rings. The molecule has 0 fully saturated rings. The summed E-state index contributed by atoms with van der Waals surface area (Å²) in [6.45, 7) is 0.702. The largest absolute Gasteiger partial charge is 0.385 e. The van der Waals surface area contributed by atoms with Crippen LogP contribution in [0.4, 0.5) is 5.69 Å². The van der Waals surface area contributed by atoms with Crippen molar-refractivity contribution in [1.29, 1.82) is 5.26 Å². The van der Waals surface area contributed by atoms with Gasteiger partial charge < -0.3 is 10.1 Å². The molecule has 2 aromatic carbocycles. The molecule has 0 spiro atoms. The third-order valence-electron chi connectivity index (χ3n) is 3.50. The SMILES string of the molecule is COCCCNS(=O)(=O)c1cccc(C(=O)Nc2ccc(C#N)cc2)c1. The first-order valence-corrected chi connectivity index (χ1v) is 9.35. The second-order valence-electron chi connectivity index (χ2n) is 5.42. The highest BCUT2D eigenvalue weighted by molar-refractivity contribution is 7.89. The minimum atomic E-state index is -3.70. The van der Waals surface area contributed by atoms with E-state index in [1.54, 1.807) is 31.4 Å². The van der Waals surface area contributed by atoms with Gasteiger partial charge in [0, 0.05) is 31.5 Å². The molecule has 0 aliphatic carbocycles. The number of carbonyl (C=O) groups is 1. The molecule has 0 radical (unpaired) electrons. The van der Waals surface area contributed by atoms with Crippen LogP contribution < -0.4 is 10.0 Å². The van der Waals surface area contributed by atoms with Crippen LogP contribution in [0.1, 0.15) is 22.3 Å². The number of hydrogen-bond acceptors (Lipinski definition) is 5. The van der Waals surface area contributed by atoms with Crippen molar-refractivity contribution >= 4 is 21.6 Å². The fourth-order valence-corrected chi connectivity index (χ4v) is 3.26. The molecule has 2 rings (SSSR count). The van der Waals surface area contributed by atoms with Crippen LogP contribution in [0, 0.1) is 11.3 Å². The number of benzene rings is 2. The van der Waals surface area contributed by atoms with Gasteiger partial charge in [0.2, 0.25) is 10.0 Å². The predicted molar refractivity (Wildman–Crippen MR) is 97.2 cm³/mol. The fraction of sp³-hybridized carbons (Fsp3) is 0.222. The molecule has 0 aliphatic heterocycles. The molecule has 0 aromatic heterocycles. The summed E-state index contributed by atoms with van der Waals surface area (Å²) in [6.07, 6.45) is 0.550. The monoisotopic (exact) mass is 373 g/mol. The van der Waals surface area contributed by atoms with Crippen LogP contribution in [0.2, 0.25) is 0 Å². The average Bonchev–Trinajstić information content (AvgIpc) is 2.66. The number of amides is 1. The zero-order valence-corrected chi connectivity index (χ0v) is 15.0. The molecule has 2 aromatic rings. The second-order valence-corrected chi connectivity index (χ2v) is 7.18. The van der Waals surface area contributed by atoms with Gasteiger partial charge in [0.05, 0.1) is 16.5 Å². The van der Waals surface area contributed by atoms with E-state index in [0.717, 1.165) is 0 Å². The van der Waals surface area contributed by atoms with E-state index < -0.39 is 15.9 Å². The zero-order valence-electron chi connectivity index (χ0n) is 14.2. The van der Waals surface area contributed by atoms with Crippen molar-refractivity contribution in [3.8, 4) is 6.07 Å². The summed E-state index contributed by atoms with van der Waals surface area (Å²) in [5, 5.41) is 11.4. The number of ether oxygens (including phenoxy) is 1. The quantitative estimate of drug-likeness (QED) is 0.689. The topological polar surface area (TPSA) is 108 Å². The zero-order chi connectivity index (χ0) is 19.0. The summed E-state index contributed by atoms with van der Waals surface area (Å²) >= 11 is 0. The number of nitrogens with one attached hydrogen (secondary N) is 2. The maximum absolute atomic E-state index is 12.3. The van der Waals surface area contributed by atoms with Crippen molar-refractivity contribution < 1.29 is 17.9 Å². The molecular weight excluding hydrogens is 354 g/mol. The molecule has 1 amide bonds. The molecule has 0 saturated heterocycles. The summed E-state index contributed by atoms with van der Waals surface area (Å²) < 4.78 is 31.9. The lowest BCUT2D eigenvalue weighted by Crippen LogP contribution is -2.26. The molecular formula is C18H19N3O4S. The van der Waals surface area contributed by atoms with Crippen molar-refractivity contribution in [3.05, 3.63) is 59.7 Å². The van der Waals surface area contributed by atoms with E-state index in [9.17, 15) is 13.2 Å². The standard InChI is InChI=1S/C18H19N3O4S/c1-25-11-3-10-20-26(23,24)17-5-2-4-15(12-17)18(22)21-16-8-6-14(13-19)7-9-16/h2,4-9,12,20H,3,10-11H2,1H3,(H,21,22). The molecule has 136 valence electrons. The maximum atomic E-state index is 12.3. The number of methoxy groups -OCH3 is 1. The predicted octanol–water partition coefficient (Wildman–Crippen LogP) is 2.13. The van der Waals surface area contributed by atoms with Gasteiger partial charge in [-0.1, -0.05) is 6.07 Å². The van der Waals surface area contributed by atoms with Gasteiger partial charge in [-0.15, -0.1) is 0 Å². The van der Waals surface area contributed by atoms with Crippen LogP contribution in [0.25, 0.3) is 0 Å². The van der Waals surface area contributed by atoms with Gasteiger partial charge in [-0.25, -0.2) is 13.1 Å². The van der Waals surface area contributed by atoms with E-state index in [1.807, 2.05) is 6.07 Å². The van der Waals surface area contributed by atoms with Gasteiger partial charge in [-0.05, 0) is 48.9 Å². The van der Waals surface area contributed by atoms with E-state index in [4.69, 9.17) is 10.00 Å². The van der Waals surface area contributed by atoms with Crippen molar-refractivity contribution in [1.82, 2.24) is 4.72 Å². The van der Waals surface area contributed by atoms with Gasteiger partial charge in [0.1, 0.15) is 0 Å². The van der Waals surface area contributed by atoms with Gasteiger partial charge in [0.15, 0.2) is 0 Å². The number of sulfonamides is 1. The molecule has 26 heavy (non-hydrogen) atoms. The first kappa shape index (κ1) is 19.6. The second kappa shape index (κ2) is 9.10. The van der Waals surface area contributed by atoms with E-state index in [1.165, 1.54) is 24.3 Å². The first-order valence-electron chi connectivity index (χ1n) is 7.86. The summed E-state index contributed by atoms with van der Waals surface area (Å²) in [6, 6.07) is 14.2. The van der Waals surface area contributed by atoms with Crippen LogP contribution in [-0.2, 0) is 14.8 Å². The molecule has 8 heteroatoms. The van der Waals surface area contributed by atoms with Crippen LogP contribution in [0.3, 0.4) is 0 Å². The molecule has 0 heterocycles. The van der Waals surface area contributed by atoms with Crippen LogP contribution >= 0.6 is 0 Å². The Kier molecular flexibility index (Phi) is 6.86. The van der Waals surface area contributed by atoms with E-state index in [0.29, 0.717) is 24.3 Å². The summed E-state index contributed by atoms with van der Waals surface area (Å²) in [5.74, 6) is -0.439. The Morgan fingerprint density at radius 3 is 2.58 bits per heavy atom. The molecule has 7 nitrogen and oxygen atoms in total. The highest BCUT2D eigenvalue weighted by atomic mass is 32.2. The van der Waals surface area contributed by atoms with Crippen molar-refractivity contribution in [2.45, 2.75) is 11.3 Å². The Morgan fingerprint density at radius 2 is 1.92 bits per heavy atom. The lowest BCUT2D eigenvalue weighted by atomic mass is 10.2. The third kappa shape index (κ3) is 5.39. The summed E-state index contributed by atoms with van der Waals surface area (Å²) in [5.41, 5.74) is 1.21. The summed E-state index contributed by atoms with van der Waals surface area (Å²) in [4.78, 5) is 12.4. The molecule has 0 bridgehead atoms. The molecule has 2 N–H and O–H groups in total. The van der Waals surface area contributed by atoms with Crippen molar-refractivity contribution in [3.63, 3.8) is 0 Å². The smallest absolute Gasteiger partial charge is 0.255 e. The summed E-state index contributed by atoms with van der Waals surface area (Å²) in [7, 11) is -2.15. The Morgan fingerprint density at radius 1 is 1.19 bits per heavy atom. The molecule has 0 unspecified atom stereocenters. The third-order valence-corrected chi connectivity index (χ3v) is 4.95. The first-order chi connectivity index (χ1) is 12.5. The Balaban J connectivity index is 2.09. The minimum absolute atomic E-state index is 0.0161. The lowest BCUT2D eigenvalue weighted by Gasteiger charge is -2.09. The van der Waals surface area contributed by atoms with E-state index >= 15 is 0 Å². The minimum Gasteiger partial charge on any atom is -0.385 e. The maximum Gasteiger partial charge on any atom is 0.255 e. The number of nitriles is 1. The molecule has 0 saturated carbocycles. The van der Waals surface area contributed by atoms with E-state index in [2.05, 4.69) is 10.0 Å². The number of rotatable bonds is 8. The normalized spacial score (nSPS) is 10.9. The van der Waals surface area contributed by atoms with Crippen LogP contribution in [-0.4, -0.2) is 34.6 Å². The molecule has 0 atom stereocenters. The van der Waals surface area contributed by atoms with Gasteiger partial charge in [0.25, 0.3) is 5.91 Å². The fourth-order valence-electron chi connectivity index (χ4n) is 2.14. The van der Waals surface area contributed by atoms with Gasteiger partial charge in [-0.3, -0.25) is 4.79 Å². The van der Waals surface area contributed by atoms with Crippen LogP contribution in [0.5, 0.6) is 0 Å². The lowest BCUT2D eigenvalue weighted by molar-refractivity contribution is 0.102. The Labute approximate surface area is 152 Å². The van der Waals surface area contributed by atoms with Crippen molar-refractivity contribution in [2.24, 2.45) is 0 Å². The van der Waals surface area contributed by atoms with Gasteiger partial charge in [-0.2, -0.15) is 5.26 Å². The number of carbonyl (C=O) groups excluding carboxylic acids is 1. The van der Waals surface area contributed by atoms with Crippen molar-refractivity contribution in [2.75, 3.05) is 25.6 Å². The number of anilines is 1. The Bertz CT molecular complexity index is 903. The van der Waals surface area contributed by atoms with Gasteiger partial charge >= 0.3 is 0 Å². The van der Waals surface area contributed by atoms with E-state index in [-0.39, 0.29) is 17.0 Å². The highest BCUT2D eigenvalue weighted by Gasteiger charge is 2.16. The Hall–Kier alpha value is -2.73. The number of hydrogen-bond donors (Lipinski definition) is 2. The van der Waals surface area contributed by atoms with Crippen LogP contribution in [0.15, 0.2) is 53.4 Å².